The van der Waals surface area contributed by atoms with E-state index < -0.39 is 0 Å². The molecule has 3 nitrogen and oxygen atoms in total. The summed E-state index contributed by atoms with van der Waals surface area (Å²) < 4.78 is 2.04. The first-order chi connectivity index (χ1) is 7.68. The number of phenolic OH excluding ortho intramolecular Hbond substituents is 1. The number of aromatic hydroxyl groups is 1. The molecule has 16 heavy (non-hydrogen) atoms. The van der Waals surface area contributed by atoms with Gasteiger partial charge in [-0.2, -0.15) is 0 Å². The van der Waals surface area contributed by atoms with Gasteiger partial charge in [0.2, 0.25) is 0 Å². The van der Waals surface area contributed by atoms with Crippen LogP contribution < -0.4 is 0 Å². The third-order valence-electron chi connectivity index (χ3n) is 2.85. The standard InChI is InChI=1S/C12H9ClN2O/c1-15-9-3-2-7(16)6-8(9)11-10(15)4-5-14-12(11)13/h2-6,16H,1H3. The van der Waals surface area contributed by atoms with Crippen molar-refractivity contribution >= 4 is 33.4 Å². The molecule has 0 fully saturated rings. The van der Waals surface area contributed by atoms with Gasteiger partial charge in [-0.25, -0.2) is 4.98 Å². The summed E-state index contributed by atoms with van der Waals surface area (Å²) in [5.74, 6) is 0.236. The molecule has 0 atom stereocenters. The first-order valence-electron chi connectivity index (χ1n) is 4.90. The van der Waals surface area contributed by atoms with Crippen molar-refractivity contribution in [2.75, 3.05) is 0 Å². The largest absolute Gasteiger partial charge is 0.508 e. The lowest BCUT2D eigenvalue weighted by molar-refractivity contribution is 0.476. The topological polar surface area (TPSA) is 38.0 Å². The molecule has 0 radical (unpaired) electrons. The van der Waals surface area contributed by atoms with E-state index in [9.17, 15) is 5.11 Å². The van der Waals surface area contributed by atoms with Crippen LogP contribution in [-0.4, -0.2) is 14.7 Å². The molecule has 0 aliphatic carbocycles. The van der Waals surface area contributed by atoms with Gasteiger partial charge < -0.3 is 9.67 Å². The van der Waals surface area contributed by atoms with Crippen molar-refractivity contribution in [1.82, 2.24) is 9.55 Å². The van der Waals surface area contributed by atoms with Crippen LogP contribution in [-0.2, 0) is 7.05 Å². The van der Waals surface area contributed by atoms with Crippen LogP contribution in [0, 0.1) is 0 Å². The van der Waals surface area contributed by atoms with E-state index in [1.54, 1.807) is 18.3 Å². The molecule has 2 aromatic heterocycles. The minimum Gasteiger partial charge on any atom is -0.508 e. The Morgan fingerprint density at radius 2 is 2.06 bits per heavy atom. The Morgan fingerprint density at radius 3 is 2.88 bits per heavy atom. The normalized spacial score (nSPS) is 11.4. The second kappa shape index (κ2) is 3.12. The summed E-state index contributed by atoms with van der Waals surface area (Å²) in [5, 5.41) is 11.8. The number of benzene rings is 1. The third kappa shape index (κ3) is 1.12. The minimum absolute atomic E-state index is 0.236. The predicted octanol–water partition coefficient (Wildman–Crippen LogP) is 3.09. The highest BCUT2D eigenvalue weighted by Gasteiger charge is 2.11. The highest BCUT2D eigenvalue weighted by Crippen LogP contribution is 2.33. The number of nitrogens with zero attached hydrogens (tertiary/aromatic N) is 2. The summed E-state index contributed by atoms with van der Waals surface area (Å²) in [7, 11) is 1.97. The van der Waals surface area contributed by atoms with Gasteiger partial charge in [0.05, 0.1) is 5.52 Å². The number of hydrogen-bond acceptors (Lipinski definition) is 2. The third-order valence-corrected chi connectivity index (χ3v) is 3.14. The number of hydrogen-bond donors (Lipinski definition) is 1. The number of pyridine rings is 1. The van der Waals surface area contributed by atoms with E-state index in [0.29, 0.717) is 5.15 Å². The average molecular weight is 233 g/mol. The van der Waals surface area contributed by atoms with E-state index in [1.165, 1.54) is 0 Å². The fourth-order valence-corrected chi connectivity index (χ4v) is 2.36. The zero-order chi connectivity index (χ0) is 11.3. The molecule has 3 rings (SSSR count). The van der Waals surface area contributed by atoms with Gasteiger partial charge in [-0.05, 0) is 24.3 Å². The van der Waals surface area contributed by atoms with Crippen LogP contribution >= 0.6 is 11.6 Å². The number of aromatic nitrogens is 2. The molecule has 1 aromatic carbocycles. The zero-order valence-corrected chi connectivity index (χ0v) is 9.36. The van der Waals surface area contributed by atoms with Crippen LogP contribution in [0.25, 0.3) is 21.8 Å². The van der Waals surface area contributed by atoms with Crippen molar-refractivity contribution in [2.45, 2.75) is 0 Å². The lowest BCUT2D eigenvalue weighted by atomic mass is 10.2. The van der Waals surface area contributed by atoms with Gasteiger partial charge in [-0.15, -0.1) is 0 Å². The molecule has 1 N–H and O–H groups in total. The smallest absolute Gasteiger partial charge is 0.138 e. The van der Waals surface area contributed by atoms with Crippen molar-refractivity contribution in [3.05, 3.63) is 35.6 Å². The fourth-order valence-electron chi connectivity index (χ4n) is 2.10. The van der Waals surface area contributed by atoms with Gasteiger partial charge in [0.1, 0.15) is 10.9 Å². The lowest BCUT2D eigenvalue weighted by Gasteiger charge is -1.96. The van der Waals surface area contributed by atoms with Crippen molar-refractivity contribution in [2.24, 2.45) is 7.05 Å². The van der Waals surface area contributed by atoms with Gasteiger partial charge in [0.25, 0.3) is 0 Å². The van der Waals surface area contributed by atoms with Gasteiger partial charge in [-0.3, -0.25) is 0 Å². The number of phenols is 1. The molecule has 0 saturated carbocycles. The van der Waals surface area contributed by atoms with Crippen LogP contribution in [0.4, 0.5) is 0 Å². The average Bonchev–Trinajstić information content (AvgIpc) is 2.54. The highest BCUT2D eigenvalue weighted by molar-refractivity contribution is 6.36. The van der Waals surface area contributed by atoms with Crippen LogP contribution in [0.1, 0.15) is 0 Å². The molecule has 0 saturated heterocycles. The molecule has 0 bridgehead atoms. The molecule has 4 heteroatoms. The van der Waals surface area contributed by atoms with Crippen molar-refractivity contribution in [3.8, 4) is 5.75 Å². The van der Waals surface area contributed by atoms with Crippen LogP contribution in [0.15, 0.2) is 30.5 Å². The maximum atomic E-state index is 9.52. The molecule has 0 unspecified atom stereocenters. The summed E-state index contributed by atoms with van der Waals surface area (Å²) >= 11 is 6.10. The highest BCUT2D eigenvalue weighted by atomic mass is 35.5. The second-order valence-electron chi connectivity index (χ2n) is 3.76. The number of aryl methyl sites for hydroxylation is 1. The first-order valence-corrected chi connectivity index (χ1v) is 5.28. The Bertz CT molecular complexity index is 703. The van der Waals surface area contributed by atoms with E-state index in [-0.39, 0.29) is 5.75 Å². The number of halogens is 1. The van der Waals surface area contributed by atoms with E-state index in [4.69, 9.17) is 11.6 Å². The van der Waals surface area contributed by atoms with Crippen LogP contribution in [0.5, 0.6) is 5.75 Å². The van der Waals surface area contributed by atoms with Crippen LogP contribution in [0.2, 0.25) is 5.15 Å². The molecule has 0 aliphatic rings. The summed E-state index contributed by atoms with van der Waals surface area (Å²) in [5.41, 5.74) is 2.04. The number of fused-ring (bicyclic) bond motifs is 3. The van der Waals surface area contributed by atoms with E-state index in [1.807, 2.05) is 23.7 Å². The van der Waals surface area contributed by atoms with Gasteiger partial charge >= 0.3 is 0 Å². The molecular formula is C12H9ClN2O. The molecule has 0 aliphatic heterocycles. The van der Waals surface area contributed by atoms with E-state index >= 15 is 0 Å². The fraction of sp³-hybridized carbons (Fsp3) is 0.0833. The van der Waals surface area contributed by atoms with Gasteiger partial charge in [0.15, 0.2) is 0 Å². The van der Waals surface area contributed by atoms with Gasteiger partial charge in [-0.1, -0.05) is 11.6 Å². The molecule has 0 amide bonds. The van der Waals surface area contributed by atoms with Crippen molar-refractivity contribution < 1.29 is 5.11 Å². The monoisotopic (exact) mass is 232 g/mol. The maximum absolute atomic E-state index is 9.52. The summed E-state index contributed by atoms with van der Waals surface area (Å²) in [6.07, 6.45) is 1.68. The van der Waals surface area contributed by atoms with E-state index in [0.717, 1.165) is 21.8 Å². The minimum atomic E-state index is 0.236. The van der Waals surface area contributed by atoms with Crippen molar-refractivity contribution in [3.63, 3.8) is 0 Å². The Labute approximate surface area is 96.9 Å². The Kier molecular flexibility index (Phi) is 1.85. The number of rotatable bonds is 0. The summed E-state index contributed by atoms with van der Waals surface area (Å²) in [6, 6.07) is 7.17. The lowest BCUT2D eigenvalue weighted by Crippen LogP contribution is -1.86. The summed E-state index contributed by atoms with van der Waals surface area (Å²) in [4.78, 5) is 4.07. The Morgan fingerprint density at radius 1 is 1.25 bits per heavy atom. The summed E-state index contributed by atoms with van der Waals surface area (Å²) in [6.45, 7) is 0. The molecule has 0 spiro atoms. The molecule has 3 aromatic rings. The Hall–Kier alpha value is -1.74. The SMILES string of the molecule is Cn1c2ccc(O)cc2c2c(Cl)nccc21. The molecule has 2 heterocycles. The predicted molar refractivity (Wildman–Crippen MR) is 64.9 cm³/mol. The molecule has 80 valence electrons. The maximum Gasteiger partial charge on any atom is 0.138 e. The van der Waals surface area contributed by atoms with Gasteiger partial charge in [0, 0.05) is 29.5 Å². The second-order valence-corrected chi connectivity index (χ2v) is 4.11. The zero-order valence-electron chi connectivity index (χ0n) is 8.61. The first kappa shape index (κ1) is 9.48. The molecular weight excluding hydrogens is 224 g/mol. The van der Waals surface area contributed by atoms with Crippen LogP contribution in [0.3, 0.4) is 0 Å². The van der Waals surface area contributed by atoms with E-state index in [2.05, 4.69) is 4.98 Å². The Balaban J connectivity index is 2.66. The quantitative estimate of drug-likeness (QED) is 0.605. The van der Waals surface area contributed by atoms with Crippen molar-refractivity contribution in [1.29, 1.82) is 0 Å².